The molecule has 1 aromatic heterocycles. The maximum atomic E-state index is 11.8. The number of fused-ring (bicyclic) bond motifs is 1. The lowest BCUT2D eigenvalue weighted by molar-refractivity contribution is -0.130. The predicted octanol–water partition coefficient (Wildman–Crippen LogP) is 4.74. The molecule has 3 aromatic rings. The molecule has 4 nitrogen and oxygen atoms in total. The molecule has 0 atom stereocenters. The van der Waals surface area contributed by atoms with Crippen LogP contribution in [0.2, 0.25) is 0 Å². The number of rotatable bonds is 3. The van der Waals surface area contributed by atoms with Crippen molar-refractivity contribution in [2.75, 3.05) is 0 Å². The van der Waals surface area contributed by atoms with Crippen molar-refractivity contribution in [2.45, 2.75) is 6.92 Å². The number of esters is 1. The first-order valence-corrected chi connectivity index (χ1v) is 7.37. The Hall–Kier alpha value is -2.40. The van der Waals surface area contributed by atoms with Crippen LogP contribution in [0.4, 0.5) is 0 Å². The average molecular weight is 358 g/mol. The van der Waals surface area contributed by atoms with Gasteiger partial charge in [-0.15, -0.1) is 0 Å². The minimum Gasteiger partial charge on any atom is -0.436 e. The molecule has 0 saturated carbocycles. The van der Waals surface area contributed by atoms with E-state index in [0.29, 0.717) is 32.8 Å². The maximum absolute atomic E-state index is 11.8. The largest absolute Gasteiger partial charge is 0.436 e. The Morgan fingerprint density at radius 3 is 2.73 bits per heavy atom. The molecule has 2 aromatic carbocycles. The Bertz CT molecular complexity index is 849. The number of hydrogen-bond acceptors (Lipinski definition) is 4. The van der Waals surface area contributed by atoms with E-state index >= 15 is 0 Å². The van der Waals surface area contributed by atoms with Gasteiger partial charge in [-0.3, -0.25) is 0 Å². The van der Waals surface area contributed by atoms with E-state index in [0.717, 1.165) is 5.52 Å². The molecule has 0 N–H and O–H groups in total. The maximum Gasteiger partial charge on any atom is 0.338 e. The van der Waals surface area contributed by atoms with Gasteiger partial charge in [0.05, 0.1) is 10.0 Å². The molecule has 0 radical (unpaired) electrons. The van der Waals surface area contributed by atoms with E-state index < -0.39 is 5.97 Å². The summed E-state index contributed by atoms with van der Waals surface area (Å²) in [5.74, 6) is 0.262. The zero-order chi connectivity index (χ0) is 15.7. The third-order valence-corrected chi connectivity index (χ3v) is 3.66. The standard InChI is InChI=1S/C17H12BrNO3/c1-10(2)17(20)22-15-11(6-5-7-12(15)18)16-19-13-8-3-4-9-14(13)21-16/h3-9H,1H2,2H3. The summed E-state index contributed by atoms with van der Waals surface area (Å²) in [6.45, 7) is 5.18. The summed E-state index contributed by atoms with van der Waals surface area (Å²) in [5.41, 5.74) is 2.34. The number of nitrogens with zero attached hydrogens (tertiary/aromatic N) is 1. The molecule has 0 unspecified atom stereocenters. The van der Waals surface area contributed by atoms with Crippen molar-refractivity contribution in [3.05, 3.63) is 59.1 Å². The van der Waals surface area contributed by atoms with Gasteiger partial charge in [0.25, 0.3) is 0 Å². The fourth-order valence-corrected chi connectivity index (χ4v) is 2.40. The molecule has 22 heavy (non-hydrogen) atoms. The molecule has 0 aliphatic carbocycles. The normalized spacial score (nSPS) is 10.6. The van der Waals surface area contributed by atoms with Crippen molar-refractivity contribution in [3.63, 3.8) is 0 Å². The third-order valence-electron chi connectivity index (χ3n) is 3.03. The topological polar surface area (TPSA) is 52.3 Å². The van der Waals surface area contributed by atoms with Crippen LogP contribution >= 0.6 is 15.9 Å². The van der Waals surface area contributed by atoms with Crippen molar-refractivity contribution in [3.8, 4) is 17.2 Å². The van der Waals surface area contributed by atoms with E-state index in [2.05, 4.69) is 27.5 Å². The van der Waals surface area contributed by atoms with E-state index in [1.54, 1.807) is 19.1 Å². The number of benzene rings is 2. The van der Waals surface area contributed by atoms with E-state index in [9.17, 15) is 4.79 Å². The molecule has 110 valence electrons. The summed E-state index contributed by atoms with van der Waals surface area (Å²) in [6, 6.07) is 12.9. The number of hydrogen-bond donors (Lipinski definition) is 0. The second kappa shape index (κ2) is 5.77. The van der Waals surface area contributed by atoms with E-state index in [4.69, 9.17) is 9.15 Å². The molecule has 0 aliphatic rings. The van der Waals surface area contributed by atoms with Gasteiger partial charge < -0.3 is 9.15 Å². The highest BCUT2D eigenvalue weighted by atomic mass is 79.9. The van der Waals surface area contributed by atoms with Crippen LogP contribution in [0, 0.1) is 0 Å². The molecule has 5 heteroatoms. The van der Waals surface area contributed by atoms with Crippen LogP contribution < -0.4 is 4.74 Å². The van der Waals surface area contributed by atoms with Crippen LogP contribution in [0.5, 0.6) is 5.75 Å². The van der Waals surface area contributed by atoms with Crippen molar-refractivity contribution >= 4 is 33.0 Å². The SMILES string of the molecule is C=C(C)C(=O)Oc1c(Br)cccc1-c1nc2ccccc2o1. The molecule has 0 spiro atoms. The molecule has 0 saturated heterocycles. The molecule has 0 amide bonds. The van der Waals surface area contributed by atoms with Crippen LogP contribution in [0.3, 0.4) is 0 Å². The highest BCUT2D eigenvalue weighted by Gasteiger charge is 2.18. The summed E-state index contributed by atoms with van der Waals surface area (Å²) in [7, 11) is 0. The zero-order valence-corrected chi connectivity index (χ0v) is 13.4. The van der Waals surface area contributed by atoms with Crippen molar-refractivity contribution < 1.29 is 13.9 Å². The molecule has 0 aliphatic heterocycles. The number of aromatic nitrogens is 1. The third kappa shape index (κ3) is 2.67. The monoisotopic (exact) mass is 357 g/mol. The van der Waals surface area contributed by atoms with Gasteiger partial charge in [0, 0.05) is 5.57 Å². The molecular weight excluding hydrogens is 346 g/mol. The average Bonchev–Trinajstić information content (AvgIpc) is 2.92. The Morgan fingerprint density at radius 2 is 2.00 bits per heavy atom. The van der Waals surface area contributed by atoms with Gasteiger partial charge in [-0.25, -0.2) is 9.78 Å². The fourth-order valence-electron chi connectivity index (χ4n) is 1.95. The lowest BCUT2D eigenvalue weighted by atomic mass is 10.2. The fraction of sp³-hybridized carbons (Fsp3) is 0.0588. The van der Waals surface area contributed by atoms with Crippen LogP contribution in [0.15, 0.2) is 63.5 Å². The summed E-state index contributed by atoms with van der Waals surface area (Å²) in [6.07, 6.45) is 0. The van der Waals surface area contributed by atoms with E-state index in [1.807, 2.05) is 30.3 Å². The Kier molecular flexibility index (Phi) is 3.81. The molecule has 0 fully saturated rings. The van der Waals surface area contributed by atoms with Crippen LogP contribution in [0.1, 0.15) is 6.92 Å². The molecular formula is C17H12BrNO3. The quantitative estimate of drug-likeness (QED) is 0.386. The summed E-state index contributed by atoms with van der Waals surface area (Å²) >= 11 is 3.39. The Labute approximate surface area is 135 Å². The predicted molar refractivity (Wildman–Crippen MR) is 87.6 cm³/mol. The highest BCUT2D eigenvalue weighted by molar-refractivity contribution is 9.10. The number of halogens is 1. The number of ether oxygens (including phenoxy) is 1. The highest BCUT2D eigenvalue weighted by Crippen LogP contribution is 2.37. The molecule has 1 heterocycles. The van der Waals surface area contributed by atoms with E-state index in [-0.39, 0.29) is 0 Å². The van der Waals surface area contributed by atoms with Crippen molar-refractivity contribution in [1.29, 1.82) is 0 Å². The first kappa shape index (κ1) is 14.5. The van der Waals surface area contributed by atoms with Gasteiger partial charge in [-0.05, 0) is 47.1 Å². The molecule has 3 rings (SSSR count). The number of oxazole rings is 1. The lowest BCUT2D eigenvalue weighted by Crippen LogP contribution is -2.09. The van der Waals surface area contributed by atoms with Gasteiger partial charge >= 0.3 is 5.97 Å². The summed E-state index contributed by atoms with van der Waals surface area (Å²) in [5, 5.41) is 0. The van der Waals surface area contributed by atoms with Gasteiger partial charge in [0.15, 0.2) is 11.3 Å². The second-order valence-electron chi connectivity index (χ2n) is 4.77. The number of carbonyl (C=O) groups is 1. The first-order chi connectivity index (χ1) is 10.6. The van der Waals surface area contributed by atoms with Gasteiger partial charge in [0.1, 0.15) is 5.52 Å². The summed E-state index contributed by atoms with van der Waals surface area (Å²) in [4.78, 5) is 16.3. The Morgan fingerprint density at radius 1 is 1.23 bits per heavy atom. The van der Waals surface area contributed by atoms with Gasteiger partial charge in [-0.2, -0.15) is 0 Å². The van der Waals surface area contributed by atoms with Crippen LogP contribution in [-0.2, 0) is 4.79 Å². The minimum absolute atomic E-state index is 0.319. The van der Waals surface area contributed by atoms with Crippen molar-refractivity contribution in [2.24, 2.45) is 0 Å². The number of carbonyl (C=O) groups excluding carboxylic acids is 1. The van der Waals surface area contributed by atoms with Crippen molar-refractivity contribution in [1.82, 2.24) is 4.98 Å². The van der Waals surface area contributed by atoms with Crippen LogP contribution in [-0.4, -0.2) is 11.0 Å². The van der Waals surface area contributed by atoms with Gasteiger partial charge in [-0.1, -0.05) is 24.8 Å². The minimum atomic E-state index is -0.496. The Balaban J connectivity index is 2.12. The molecule has 0 bridgehead atoms. The van der Waals surface area contributed by atoms with Crippen LogP contribution in [0.25, 0.3) is 22.6 Å². The summed E-state index contributed by atoms with van der Waals surface area (Å²) < 4.78 is 11.8. The smallest absolute Gasteiger partial charge is 0.338 e. The van der Waals surface area contributed by atoms with Gasteiger partial charge in [0.2, 0.25) is 5.89 Å². The van der Waals surface area contributed by atoms with E-state index in [1.165, 1.54) is 0 Å². The number of para-hydroxylation sites is 3. The second-order valence-corrected chi connectivity index (χ2v) is 5.63. The lowest BCUT2D eigenvalue weighted by Gasteiger charge is -2.09. The zero-order valence-electron chi connectivity index (χ0n) is 11.8. The first-order valence-electron chi connectivity index (χ1n) is 6.58.